The highest BCUT2D eigenvalue weighted by atomic mass is 32.2. The third kappa shape index (κ3) is 3.58. The monoisotopic (exact) mass is 245 g/mol. The number of aliphatic hydroxyl groups is 1. The molecule has 0 spiro atoms. The number of aliphatic hydroxyl groups excluding tert-OH is 1. The molecular weight excluding hydrogens is 230 g/mol. The number of pyridine rings is 1. The van der Waals surface area contributed by atoms with Gasteiger partial charge < -0.3 is 5.11 Å². The molecule has 88 valence electrons. The van der Waals surface area contributed by atoms with E-state index >= 15 is 0 Å². The van der Waals surface area contributed by atoms with Gasteiger partial charge in [-0.05, 0) is 24.1 Å². The van der Waals surface area contributed by atoms with Crippen LogP contribution in [0.3, 0.4) is 0 Å². The Morgan fingerprint density at radius 1 is 1.18 bits per heavy atom. The van der Waals surface area contributed by atoms with E-state index < -0.39 is 6.10 Å². The van der Waals surface area contributed by atoms with Gasteiger partial charge in [-0.1, -0.05) is 36.4 Å². The van der Waals surface area contributed by atoms with Crippen molar-refractivity contribution in [3.05, 3.63) is 59.8 Å². The summed E-state index contributed by atoms with van der Waals surface area (Å²) in [6.07, 6.45) is 1.29. The predicted molar refractivity (Wildman–Crippen MR) is 70.9 cm³/mol. The molecule has 1 heterocycles. The van der Waals surface area contributed by atoms with Gasteiger partial charge in [0.1, 0.15) is 0 Å². The molecule has 0 saturated heterocycles. The molecule has 1 aromatic heterocycles. The number of rotatable bonds is 4. The van der Waals surface area contributed by atoms with Crippen LogP contribution in [0.5, 0.6) is 0 Å². The second-order valence-corrected chi connectivity index (χ2v) is 4.88. The van der Waals surface area contributed by atoms with Crippen LogP contribution in [0.15, 0.2) is 53.7 Å². The number of thioether (sulfide) groups is 1. The minimum absolute atomic E-state index is 0.448. The standard InChI is InChI=1S/C14H15NOS/c1-11(16)13-7-8-14(15-9-13)17-10-12-5-3-2-4-6-12/h2-9,11,16H,10H2,1H3. The zero-order chi connectivity index (χ0) is 12.1. The van der Waals surface area contributed by atoms with Gasteiger partial charge in [-0.3, -0.25) is 0 Å². The van der Waals surface area contributed by atoms with Crippen molar-refractivity contribution in [2.45, 2.75) is 23.8 Å². The highest BCUT2D eigenvalue weighted by molar-refractivity contribution is 7.98. The SMILES string of the molecule is CC(O)c1ccc(SCc2ccccc2)nc1. The summed E-state index contributed by atoms with van der Waals surface area (Å²) < 4.78 is 0. The maximum absolute atomic E-state index is 9.38. The first-order chi connectivity index (χ1) is 8.25. The molecule has 0 saturated carbocycles. The maximum Gasteiger partial charge on any atom is 0.0963 e. The smallest absolute Gasteiger partial charge is 0.0963 e. The van der Waals surface area contributed by atoms with E-state index in [1.54, 1.807) is 24.9 Å². The summed E-state index contributed by atoms with van der Waals surface area (Å²) in [4.78, 5) is 4.32. The van der Waals surface area contributed by atoms with Gasteiger partial charge in [0.25, 0.3) is 0 Å². The highest BCUT2D eigenvalue weighted by Gasteiger charge is 2.02. The lowest BCUT2D eigenvalue weighted by Crippen LogP contribution is -1.92. The largest absolute Gasteiger partial charge is 0.389 e. The zero-order valence-electron chi connectivity index (χ0n) is 9.71. The molecule has 2 nitrogen and oxygen atoms in total. The lowest BCUT2D eigenvalue weighted by Gasteiger charge is -2.05. The second kappa shape index (κ2) is 5.84. The van der Waals surface area contributed by atoms with Crippen LogP contribution in [0.4, 0.5) is 0 Å². The summed E-state index contributed by atoms with van der Waals surface area (Å²) in [6, 6.07) is 14.2. The van der Waals surface area contributed by atoms with E-state index in [4.69, 9.17) is 0 Å². The van der Waals surface area contributed by atoms with Gasteiger partial charge in [0.15, 0.2) is 0 Å². The first-order valence-electron chi connectivity index (χ1n) is 5.56. The van der Waals surface area contributed by atoms with E-state index in [0.717, 1.165) is 16.3 Å². The van der Waals surface area contributed by atoms with Crippen LogP contribution in [0.2, 0.25) is 0 Å². The minimum atomic E-state index is -0.448. The van der Waals surface area contributed by atoms with Crippen molar-refractivity contribution in [1.29, 1.82) is 0 Å². The van der Waals surface area contributed by atoms with E-state index in [0.29, 0.717) is 0 Å². The molecule has 1 aromatic carbocycles. The van der Waals surface area contributed by atoms with Crippen molar-refractivity contribution in [2.75, 3.05) is 0 Å². The van der Waals surface area contributed by atoms with Crippen LogP contribution in [0.25, 0.3) is 0 Å². The third-order valence-corrected chi connectivity index (χ3v) is 3.49. The van der Waals surface area contributed by atoms with Crippen LogP contribution in [-0.2, 0) is 5.75 Å². The molecule has 0 fully saturated rings. The predicted octanol–water partition coefficient (Wildman–Crippen LogP) is 3.43. The molecule has 3 heteroatoms. The van der Waals surface area contributed by atoms with Gasteiger partial charge in [-0.25, -0.2) is 4.98 Å². The molecule has 17 heavy (non-hydrogen) atoms. The van der Waals surface area contributed by atoms with Gasteiger partial charge in [-0.15, -0.1) is 11.8 Å². The first kappa shape index (κ1) is 12.1. The van der Waals surface area contributed by atoms with Crippen LogP contribution < -0.4 is 0 Å². The fourth-order valence-electron chi connectivity index (χ4n) is 1.46. The van der Waals surface area contributed by atoms with Crippen molar-refractivity contribution < 1.29 is 5.11 Å². The summed E-state index contributed by atoms with van der Waals surface area (Å²) in [5.41, 5.74) is 2.15. The van der Waals surface area contributed by atoms with Gasteiger partial charge in [-0.2, -0.15) is 0 Å². The molecule has 0 amide bonds. The Hall–Kier alpha value is -1.32. The van der Waals surface area contributed by atoms with E-state index in [9.17, 15) is 5.11 Å². The van der Waals surface area contributed by atoms with Crippen molar-refractivity contribution in [3.8, 4) is 0 Å². The average molecular weight is 245 g/mol. The fraction of sp³-hybridized carbons (Fsp3) is 0.214. The molecule has 0 bridgehead atoms. The third-order valence-electron chi connectivity index (χ3n) is 2.47. The Kier molecular flexibility index (Phi) is 4.18. The van der Waals surface area contributed by atoms with E-state index in [-0.39, 0.29) is 0 Å². The molecule has 2 rings (SSSR count). The lowest BCUT2D eigenvalue weighted by molar-refractivity contribution is 0.198. The van der Waals surface area contributed by atoms with Crippen molar-refractivity contribution in [3.63, 3.8) is 0 Å². The Labute approximate surface area is 106 Å². The summed E-state index contributed by atoms with van der Waals surface area (Å²) in [5, 5.41) is 10.4. The number of nitrogens with zero attached hydrogens (tertiary/aromatic N) is 1. The molecule has 1 N–H and O–H groups in total. The molecule has 0 radical (unpaired) electrons. The number of benzene rings is 1. The maximum atomic E-state index is 9.38. The molecule has 0 aliphatic heterocycles. The van der Waals surface area contributed by atoms with Crippen LogP contribution >= 0.6 is 11.8 Å². The van der Waals surface area contributed by atoms with Gasteiger partial charge >= 0.3 is 0 Å². The molecule has 2 aromatic rings. The quantitative estimate of drug-likeness (QED) is 0.838. The Morgan fingerprint density at radius 2 is 1.94 bits per heavy atom. The summed E-state index contributed by atoms with van der Waals surface area (Å²) in [7, 11) is 0. The summed E-state index contributed by atoms with van der Waals surface area (Å²) in [5.74, 6) is 0.919. The van der Waals surface area contributed by atoms with Crippen LogP contribution in [-0.4, -0.2) is 10.1 Å². The molecule has 1 atom stereocenters. The van der Waals surface area contributed by atoms with E-state index in [2.05, 4.69) is 17.1 Å². The van der Waals surface area contributed by atoms with Crippen molar-refractivity contribution >= 4 is 11.8 Å². The van der Waals surface area contributed by atoms with Crippen molar-refractivity contribution in [1.82, 2.24) is 4.98 Å². The Morgan fingerprint density at radius 3 is 2.53 bits per heavy atom. The number of aromatic nitrogens is 1. The van der Waals surface area contributed by atoms with Gasteiger partial charge in [0.05, 0.1) is 11.1 Å². The Bertz CT molecular complexity index is 453. The second-order valence-electron chi connectivity index (χ2n) is 3.88. The fourth-order valence-corrected chi connectivity index (χ4v) is 2.25. The Balaban J connectivity index is 1.96. The van der Waals surface area contributed by atoms with Crippen molar-refractivity contribution in [2.24, 2.45) is 0 Å². The molecular formula is C14H15NOS. The topological polar surface area (TPSA) is 33.1 Å². The first-order valence-corrected chi connectivity index (χ1v) is 6.55. The van der Waals surface area contributed by atoms with Gasteiger partial charge in [0, 0.05) is 11.9 Å². The highest BCUT2D eigenvalue weighted by Crippen LogP contribution is 2.21. The number of hydrogen-bond donors (Lipinski definition) is 1. The van der Waals surface area contributed by atoms with Crippen LogP contribution in [0.1, 0.15) is 24.2 Å². The lowest BCUT2D eigenvalue weighted by atomic mass is 10.2. The molecule has 0 aliphatic carbocycles. The number of hydrogen-bond acceptors (Lipinski definition) is 3. The zero-order valence-corrected chi connectivity index (χ0v) is 10.5. The average Bonchev–Trinajstić information content (AvgIpc) is 2.38. The van der Waals surface area contributed by atoms with Gasteiger partial charge in [0.2, 0.25) is 0 Å². The summed E-state index contributed by atoms with van der Waals surface area (Å²) >= 11 is 1.70. The normalized spacial score (nSPS) is 12.4. The van der Waals surface area contributed by atoms with E-state index in [1.165, 1.54) is 5.56 Å². The van der Waals surface area contributed by atoms with E-state index in [1.807, 2.05) is 30.3 Å². The summed E-state index contributed by atoms with van der Waals surface area (Å²) in [6.45, 7) is 1.74. The molecule has 0 aliphatic rings. The van der Waals surface area contributed by atoms with Crippen LogP contribution in [0, 0.1) is 0 Å². The minimum Gasteiger partial charge on any atom is -0.389 e. The molecule has 1 unspecified atom stereocenters.